The number of likely N-dealkylation sites (N-methyl/N-ethyl adjacent to an activating group) is 1. The molecule has 0 amide bonds. The average molecular weight is 1390 g/mol. The Hall–Kier alpha value is -1.60. The molecular weight excluding hydrogens is 1230 g/mol. The summed E-state index contributed by atoms with van der Waals surface area (Å²) in [5.74, 6) is 2.78. The number of hydrogen-bond acceptors (Lipinski definition) is 14. The zero-order chi connectivity index (χ0) is 74.8. The van der Waals surface area contributed by atoms with Gasteiger partial charge in [0, 0.05) is 178 Å². The van der Waals surface area contributed by atoms with Gasteiger partial charge in [0.2, 0.25) is 0 Å². The molecule has 1 aromatic heterocycles. The second-order valence-electron chi connectivity index (χ2n) is 43.6. The van der Waals surface area contributed by atoms with Gasteiger partial charge in [-0.3, -0.25) is 34.3 Å². The lowest BCUT2D eigenvalue weighted by Gasteiger charge is -2.66. The summed E-state index contributed by atoms with van der Waals surface area (Å²) >= 11 is 0. The first kappa shape index (κ1) is 86.3. The van der Waals surface area contributed by atoms with E-state index in [0.717, 1.165) is 57.4 Å². The lowest BCUT2D eigenvalue weighted by molar-refractivity contribution is -0.207. The number of hydrogen-bond donors (Lipinski definition) is 0. The highest BCUT2D eigenvalue weighted by molar-refractivity contribution is 5.43. The Labute approximate surface area is 612 Å². The van der Waals surface area contributed by atoms with Crippen LogP contribution in [0.2, 0.25) is 0 Å². The number of piperidine rings is 1. The van der Waals surface area contributed by atoms with Crippen LogP contribution < -0.4 is 4.90 Å². The van der Waals surface area contributed by atoms with Crippen molar-refractivity contribution in [2.24, 2.45) is 44.8 Å². The molecule has 0 aromatic carbocycles. The number of pyridine rings is 1. The Morgan fingerprint density at radius 2 is 0.838 bits per heavy atom. The highest BCUT2D eigenvalue weighted by Gasteiger charge is 2.56. The van der Waals surface area contributed by atoms with E-state index < -0.39 is 0 Å². The number of ether oxygens (including phenoxy) is 2. The van der Waals surface area contributed by atoms with Crippen molar-refractivity contribution in [2.45, 2.75) is 289 Å². The number of halogens is 1. The van der Waals surface area contributed by atoms with Gasteiger partial charge in [-0.1, -0.05) is 41.5 Å². The SMILES string of the molecule is CC(C)(C)C1CCN(C2CC2)CC1.CC(C)(C)C1CN(c2ncccc2F)C1.CC(C)(C)N1CC2(C1)CN(C(C)(C)C)C2.CC(C)(C)N1CC2(CCOC2)C1.CC(C)(C)N1CC2(COC2)C1.CC(C)(C)N1CCCC1.CN(C)C1(C)CN(C(C)(C)C)C1.CN(C)CC1CN(C(C)(C)C)C1. The van der Waals surface area contributed by atoms with E-state index in [9.17, 15) is 4.39 Å². The van der Waals surface area contributed by atoms with Gasteiger partial charge in [-0.05, 0) is 292 Å². The van der Waals surface area contributed by atoms with Crippen molar-refractivity contribution in [3.63, 3.8) is 0 Å². The molecular formula is C84H163FN12O2. The monoisotopic (exact) mass is 1390 g/mol. The van der Waals surface area contributed by atoms with E-state index in [1.54, 1.807) is 12.3 Å². The third-order valence-electron chi connectivity index (χ3n) is 24.6. The third-order valence-corrected chi connectivity index (χ3v) is 24.6. The van der Waals surface area contributed by atoms with Crippen LogP contribution in [0, 0.1) is 50.6 Å². The Balaban J connectivity index is 0.000000179. The van der Waals surface area contributed by atoms with Crippen LogP contribution in [0.25, 0.3) is 0 Å². The molecule has 12 fully saturated rings. The molecule has 1 aromatic rings. The maximum Gasteiger partial charge on any atom is 0.165 e. The van der Waals surface area contributed by atoms with E-state index in [1.807, 2.05) is 4.90 Å². The van der Waals surface area contributed by atoms with Gasteiger partial charge in [-0.2, -0.15) is 0 Å². The molecule has 13 rings (SSSR count). The second kappa shape index (κ2) is 32.9. The van der Waals surface area contributed by atoms with Crippen molar-refractivity contribution in [2.75, 3.05) is 184 Å². The van der Waals surface area contributed by atoms with E-state index >= 15 is 0 Å². The van der Waals surface area contributed by atoms with Crippen LogP contribution in [0.4, 0.5) is 10.2 Å². The van der Waals surface area contributed by atoms with Gasteiger partial charge >= 0.3 is 0 Å². The zero-order valence-corrected chi connectivity index (χ0v) is 71.3. The quantitative estimate of drug-likeness (QED) is 0.281. The molecule has 11 aliphatic heterocycles. The van der Waals surface area contributed by atoms with Crippen LogP contribution >= 0.6 is 0 Å². The molecule has 12 aliphatic rings. The lowest BCUT2D eigenvalue weighted by Crippen LogP contribution is -2.76. The van der Waals surface area contributed by atoms with Crippen LogP contribution in [0.3, 0.4) is 0 Å². The number of nitrogens with zero attached hydrogens (tertiary/aromatic N) is 12. The van der Waals surface area contributed by atoms with E-state index in [4.69, 9.17) is 9.47 Å². The average Bonchev–Trinajstić information content (AvgIpc) is 1.30. The summed E-state index contributed by atoms with van der Waals surface area (Å²) in [6.07, 6.45) is 11.5. The number of rotatable bonds is 5. The summed E-state index contributed by atoms with van der Waals surface area (Å²) in [5, 5.41) is 0. The molecule has 99 heavy (non-hydrogen) atoms. The van der Waals surface area contributed by atoms with E-state index in [1.165, 1.54) is 162 Å². The van der Waals surface area contributed by atoms with Gasteiger partial charge in [0.05, 0.1) is 19.8 Å². The molecule has 11 saturated heterocycles. The van der Waals surface area contributed by atoms with Crippen molar-refractivity contribution in [1.82, 2.24) is 54.0 Å². The van der Waals surface area contributed by atoms with Crippen molar-refractivity contribution < 1.29 is 13.9 Å². The van der Waals surface area contributed by atoms with Crippen molar-refractivity contribution in [1.29, 1.82) is 0 Å². The summed E-state index contributed by atoms with van der Waals surface area (Å²) < 4.78 is 24.0. The zero-order valence-electron chi connectivity index (χ0n) is 71.3. The fourth-order valence-corrected chi connectivity index (χ4v) is 15.7. The Bertz CT molecular complexity index is 2470. The summed E-state index contributed by atoms with van der Waals surface area (Å²) in [6, 6.07) is 4.08. The summed E-state index contributed by atoms with van der Waals surface area (Å²) in [7, 11) is 8.64. The molecule has 578 valence electrons. The molecule has 12 heterocycles. The first-order valence-corrected chi connectivity index (χ1v) is 39.8. The largest absolute Gasteiger partial charge is 0.381 e. The van der Waals surface area contributed by atoms with Gasteiger partial charge < -0.3 is 29.1 Å². The molecule has 0 radical (unpaired) electrons. The van der Waals surface area contributed by atoms with Crippen LogP contribution in [-0.2, 0) is 9.47 Å². The highest BCUT2D eigenvalue weighted by Crippen LogP contribution is 2.46. The second-order valence-corrected chi connectivity index (χ2v) is 43.6. The molecule has 1 saturated carbocycles. The third kappa shape index (κ3) is 25.3. The van der Waals surface area contributed by atoms with Crippen LogP contribution in [0.1, 0.15) is 239 Å². The Morgan fingerprint density at radius 3 is 1.15 bits per heavy atom. The number of aromatic nitrogens is 1. The maximum absolute atomic E-state index is 13.4. The van der Waals surface area contributed by atoms with Crippen LogP contribution in [0.15, 0.2) is 18.3 Å². The Morgan fingerprint density at radius 1 is 0.455 bits per heavy atom. The summed E-state index contributed by atoms with van der Waals surface area (Å²) in [4.78, 5) is 31.3. The summed E-state index contributed by atoms with van der Waals surface area (Å²) in [6.45, 7) is 92.0. The lowest BCUT2D eigenvalue weighted by atomic mass is 9.69. The van der Waals surface area contributed by atoms with E-state index in [0.29, 0.717) is 83.1 Å². The highest BCUT2D eigenvalue weighted by atomic mass is 19.1. The van der Waals surface area contributed by atoms with Crippen LogP contribution in [-0.4, -0.2) is 283 Å². The molecule has 0 bridgehead atoms. The molecule has 15 heteroatoms. The van der Waals surface area contributed by atoms with Gasteiger partial charge in [-0.15, -0.1) is 0 Å². The van der Waals surface area contributed by atoms with Crippen LogP contribution in [0.5, 0.6) is 0 Å². The van der Waals surface area contributed by atoms with Gasteiger partial charge in [0.25, 0.3) is 0 Å². The van der Waals surface area contributed by atoms with Gasteiger partial charge in [-0.25, -0.2) is 9.37 Å². The topological polar surface area (TPSA) is 67.0 Å². The standard InChI is InChI=1S/C13H26N2.C12H17FN2.C12H23N.2C10H22N2.C10H19NO.C9H17NO.C8H17N/c1-11(2,3)14-7-13(8-14)9-15(10-13)12(4,5)6;1-12(2,3)9-7-15(8-9)11-10(13)5-4-6-14-11;1-12(2,3)10-6-8-13(9-7-10)11-4-5-11;1-10(2,3)12-7-9(8-12)6-11(4)5;1-9(2,3)12-7-10(4,8-12)11(5)6;1-9(2,3)11-6-10(7-11)4-5-12-8-10;1-8(2,3)10-4-9(5-10)6-11-7-9;1-8(2,3)9-6-4-5-7-9/h7-10H2,1-6H3;4-6,9H,7-8H2,1-3H3;10-11H,4-9H2,1-3H3;9H,6-8H2,1-5H3;7-8H2,1-6H3;4-8H2,1-3H3;4-7H2,1-3H3;4-7H2,1-3H3. The predicted molar refractivity (Wildman–Crippen MR) is 422 cm³/mol. The van der Waals surface area contributed by atoms with E-state index in [2.05, 4.69) is 276 Å². The molecule has 14 nitrogen and oxygen atoms in total. The maximum atomic E-state index is 13.4. The molecule has 0 unspecified atom stereocenters. The fraction of sp³-hybridized carbons (Fsp3) is 0.940. The minimum absolute atomic E-state index is 0.218. The van der Waals surface area contributed by atoms with E-state index in [-0.39, 0.29) is 5.82 Å². The predicted octanol–water partition coefficient (Wildman–Crippen LogP) is 15.0. The summed E-state index contributed by atoms with van der Waals surface area (Å²) in [5.41, 5.74) is 5.62. The number of anilines is 1. The smallest absolute Gasteiger partial charge is 0.165 e. The fourth-order valence-electron chi connectivity index (χ4n) is 15.7. The minimum atomic E-state index is -0.218. The first-order chi connectivity index (χ1) is 45.0. The van der Waals surface area contributed by atoms with Crippen molar-refractivity contribution >= 4 is 5.82 Å². The van der Waals surface area contributed by atoms with Gasteiger partial charge in [0.1, 0.15) is 0 Å². The minimum Gasteiger partial charge on any atom is -0.381 e. The molecule has 0 atom stereocenters. The Kier molecular flexibility index (Phi) is 28.7. The first-order valence-electron chi connectivity index (χ1n) is 39.8. The van der Waals surface area contributed by atoms with Gasteiger partial charge in [0.15, 0.2) is 11.6 Å². The van der Waals surface area contributed by atoms with Crippen molar-refractivity contribution in [3.8, 4) is 0 Å². The normalized spacial score (nSPS) is 25.0. The number of likely N-dealkylation sites (tertiary alicyclic amines) is 8. The molecule has 1 aliphatic carbocycles. The van der Waals surface area contributed by atoms with Crippen molar-refractivity contribution in [3.05, 3.63) is 24.1 Å². The molecule has 0 N–H and O–H groups in total. The molecule has 3 spiro atoms.